The van der Waals surface area contributed by atoms with E-state index in [9.17, 15) is 14.4 Å². The summed E-state index contributed by atoms with van der Waals surface area (Å²) in [6.45, 7) is 6.76. The van der Waals surface area contributed by atoms with Crippen molar-refractivity contribution in [3.05, 3.63) is 6.42 Å². The molecule has 1 unspecified atom stereocenters. The maximum atomic E-state index is 11.3. The van der Waals surface area contributed by atoms with E-state index in [4.69, 9.17) is 10.00 Å². The molecular formula is C10H19NNaO4P. The van der Waals surface area contributed by atoms with Gasteiger partial charge in [0.25, 0.3) is 5.34 Å². The van der Waals surface area contributed by atoms with E-state index in [0.29, 0.717) is 6.42 Å². The number of nitriles is 1. The summed E-state index contributed by atoms with van der Waals surface area (Å²) >= 11 is 0. The predicted octanol–water partition coefficient (Wildman–Crippen LogP) is -0.793. The fourth-order valence-electron chi connectivity index (χ4n) is 1.47. The van der Waals surface area contributed by atoms with Gasteiger partial charge in [0, 0.05) is 0 Å². The fourth-order valence-corrected chi connectivity index (χ4v) is 2.37. The molecule has 0 saturated carbocycles. The topological polar surface area (TPSA) is 90.5 Å². The van der Waals surface area contributed by atoms with Crippen LogP contribution in [-0.2, 0) is 9.30 Å². The molecule has 0 radical (unpaired) electrons. The van der Waals surface area contributed by atoms with Gasteiger partial charge in [0.2, 0.25) is 0 Å². The van der Waals surface area contributed by atoms with Gasteiger partial charge in [-0.2, -0.15) is 11.7 Å². The standard InChI is InChI=1S/C10H19NO4P.Na/c1-5-7-9(3,4)15-10(6-2,8-11)16(12,13)14;/h7H,5-6H2,1-4H3,(H2,12,13,14);/q-1;+1. The van der Waals surface area contributed by atoms with E-state index in [0.717, 1.165) is 0 Å². The van der Waals surface area contributed by atoms with Crippen LogP contribution in [0.3, 0.4) is 0 Å². The van der Waals surface area contributed by atoms with E-state index in [1.807, 2.05) is 6.92 Å². The third-order valence-electron chi connectivity index (χ3n) is 2.25. The van der Waals surface area contributed by atoms with E-state index >= 15 is 0 Å². The summed E-state index contributed by atoms with van der Waals surface area (Å²) < 4.78 is 16.7. The summed E-state index contributed by atoms with van der Waals surface area (Å²) in [6, 6.07) is 1.61. The monoisotopic (exact) mass is 271 g/mol. The van der Waals surface area contributed by atoms with Crippen LogP contribution in [0.1, 0.15) is 40.5 Å². The van der Waals surface area contributed by atoms with Gasteiger partial charge < -0.3 is 14.5 Å². The van der Waals surface area contributed by atoms with Gasteiger partial charge in [0.1, 0.15) is 6.07 Å². The van der Waals surface area contributed by atoms with Crippen LogP contribution in [-0.4, -0.2) is 20.7 Å². The zero-order valence-electron chi connectivity index (χ0n) is 11.1. The molecule has 0 fully saturated rings. The zero-order chi connectivity index (χ0) is 13.0. The Morgan fingerprint density at radius 3 is 2.12 bits per heavy atom. The van der Waals surface area contributed by atoms with Crippen LogP contribution in [0.25, 0.3) is 0 Å². The number of nitrogens with zero attached hydrogens (tertiary/aromatic N) is 1. The second-order valence-corrected chi connectivity index (χ2v) is 5.92. The van der Waals surface area contributed by atoms with Crippen molar-refractivity contribution in [2.24, 2.45) is 0 Å². The Kier molecular flexibility index (Phi) is 8.50. The van der Waals surface area contributed by atoms with E-state index in [2.05, 4.69) is 0 Å². The molecule has 0 aromatic carbocycles. The minimum Gasteiger partial charge on any atom is -0.377 e. The van der Waals surface area contributed by atoms with Gasteiger partial charge in [-0.15, -0.1) is 0 Å². The SMILES string of the molecule is CC[CH-]C(C)(C)OC(C#N)(CC)P(=O)(O)O.[Na+]. The molecule has 0 heterocycles. The molecule has 7 heteroatoms. The van der Waals surface area contributed by atoms with Crippen LogP contribution in [0.2, 0.25) is 0 Å². The molecule has 17 heavy (non-hydrogen) atoms. The number of hydrogen-bond donors (Lipinski definition) is 2. The van der Waals surface area contributed by atoms with Crippen molar-refractivity contribution in [3.63, 3.8) is 0 Å². The van der Waals surface area contributed by atoms with Crippen molar-refractivity contribution >= 4 is 7.60 Å². The van der Waals surface area contributed by atoms with Crippen molar-refractivity contribution in [2.75, 3.05) is 0 Å². The molecular weight excluding hydrogens is 252 g/mol. The predicted molar refractivity (Wildman–Crippen MR) is 60.4 cm³/mol. The van der Waals surface area contributed by atoms with Crippen LogP contribution in [0, 0.1) is 17.8 Å². The van der Waals surface area contributed by atoms with Gasteiger partial charge in [-0.3, -0.25) is 11.0 Å². The Hall–Kier alpha value is 0.600. The average molecular weight is 271 g/mol. The van der Waals surface area contributed by atoms with Crippen LogP contribution < -0.4 is 29.6 Å². The molecule has 94 valence electrons. The minimum absolute atomic E-state index is 0. The molecule has 0 aliphatic carbocycles. The summed E-state index contributed by atoms with van der Waals surface area (Å²) in [7, 11) is -4.63. The van der Waals surface area contributed by atoms with Gasteiger partial charge in [-0.05, 0) is 6.42 Å². The van der Waals surface area contributed by atoms with Crippen LogP contribution in [0.15, 0.2) is 0 Å². The largest absolute Gasteiger partial charge is 1.00 e. The smallest absolute Gasteiger partial charge is 0.377 e. The van der Waals surface area contributed by atoms with Crippen molar-refractivity contribution in [1.82, 2.24) is 0 Å². The maximum Gasteiger partial charge on any atom is 1.00 e. The second-order valence-electron chi connectivity index (χ2n) is 4.11. The molecule has 0 aromatic rings. The summed E-state index contributed by atoms with van der Waals surface area (Å²) in [5.41, 5.74) is -0.846. The first-order valence-corrected chi connectivity index (χ1v) is 6.77. The zero-order valence-corrected chi connectivity index (χ0v) is 14.0. The summed E-state index contributed by atoms with van der Waals surface area (Å²) in [5, 5.41) is 6.91. The number of rotatable bonds is 6. The van der Waals surface area contributed by atoms with Gasteiger partial charge >= 0.3 is 37.2 Å². The average Bonchev–Trinajstić information content (AvgIpc) is 2.12. The Morgan fingerprint density at radius 2 is 1.88 bits per heavy atom. The van der Waals surface area contributed by atoms with Gasteiger partial charge in [-0.25, -0.2) is 0 Å². The van der Waals surface area contributed by atoms with Crippen molar-refractivity contribution in [3.8, 4) is 6.07 Å². The van der Waals surface area contributed by atoms with Crippen molar-refractivity contribution in [2.45, 2.75) is 51.5 Å². The molecule has 2 N–H and O–H groups in total. The number of ether oxygens (including phenoxy) is 1. The van der Waals surface area contributed by atoms with Gasteiger partial charge in [0.15, 0.2) is 0 Å². The Labute approximate surface area is 125 Å². The van der Waals surface area contributed by atoms with E-state index in [1.54, 1.807) is 26.3 Å². The van der Waals surface area contributed by atoms with E-state index < -0.39 is 18.5 Å². The van der Waals surface area contributed by atoms with Crippen LogP contribution >= 0.6 is 7.60 Å². The third-order valence-corrected chi connectivity index (χ3v) is 3.70. The first-order valence-electron chi connectivity index (χ1n) is 5.15. The molecule has 0 spiro atoms. The molecule has 0 rings (SSSR count). The van der Waals surface area contributed by atoms with Gasteiger partial charge in [0.05, 0.1) is 0 Å². The van der Waals surface area contributed by atoms with Gasteiger partial charge in [-0.1, -0.05) is 33.3 Å². The van der Waals surface area contributed by atoms with Crippen molar-refractivity contribution < 1.29 is 48.6 Å². The maximum absolute atomic E-state index is 11.3. The molecule has 0 aromatic heterocycles. The Bertz CT molecular complexity index is 323. The molecule has 0 aliphatic heterocycles. The summed E-state index contributed by atoms with van der Waals surface area (Å²) in [5.74, 6) is 0. The summed E-state index contributed by atoms with van der Waals surface area (Å²) in [6.07, 6.45) is 2.40. The molecule has 0 amide bonds. The molecule has 0 aliphatic rings. The Balaban J connectivity index is 0. The Morgan fingerprint density at radius 1 is 1.41 bits per heavy atom. The van der Waals surface area contributed by atoms with Crippen LogP contribution in [0.4, 0.5) is 0 Å². The fraction of sp³-hybridized carbons (Fsp3) is 0.800. The normalized spacial score (nSPS) is 15.6. The van der Waals surface area contributed by atoms with E-state index in [1.165, 1.54) is 6.92 Å². The quantitative estimate of drug-likeness (QED) is 0.375. The summed E-state index contributed by atoms with van der Waals surface area (Å²) in [4.78, 5) is 18.4. The molecule has 0 bridgehead atoms. The second kappa shape index (κ2) is 7.25. The molecule has 0 saturated heterocycles. The van der Waals surface area contributed by atoms with E-state index in [-0.39, 0.29) is 36.0 Å². The minimum atomic E-state index is -4.63. The first-order chi connectivity index (χ1) is 7.14. The molecule has 1 atom stereocenters. The van der Waals surface area contributed by atoms with Crippen molar-refractivity contribution in [1.29, 1.82) is 5.26 Å². The van der Waals surface area contributed by atoms with Crippen LogP contribution in [0.5, 0.6) is 0 Å². The number of hydrogen-bond acceptors (Lipinski definition) is 3. The third kappa shape index (κ3) is 5.40. The first kappa shape index (κ1) is 19.9. The molecule has 5 nitrogen and oxygen atoms in total.